The van der Waals surface area contributed by atoms with Gasteiger partial charge in [-0.2, -0.15) is 0 Å². The minimum absolute atomic E-state index is 0.0357. The van der Waals surface area contributed by atoms with Crippen molar-refractivity contribution in [1.82, 2.24) is 0 Å². The number of hydrogen-bond donors (Lipinski definition) is 2. The van der Waals surface area contributed by atoms with Gasteiger partial charge in [-0.3, -0.25) is 0 Å². The number of amidine groups is 1. The van der Waals surface area contributed by atoms with Gasteiger partial charge in [0.15, 0.2) is 5.84 Å². The van der Waals surface area contributed by atoms with E-state index >= 15 is 0 Å². The third-order valence-corrected chi connectivity index (χ3v) is 4.30. The summed E-state index contributed by atoms with van der Waals surface area (Å²) in [4.78, 5) is 0.914. The highest BCUT2D eigenvalue weighted by molar-refractivity contribution is 9.10. The van der Waals surface area contributed by atoms with Gasteiger partial charge in [-0.1, -0.05) is 30.3 Å². The smallest absolute Gasteiger partial charge is 0.175 e. The lowest BCUT2D eigenvalue weighted by atomic mass is 10.2. The van der Waals surface area contributed by atoms with E-state index in [9.17, 15) is 0 Å². The largest absolute Gasteiger partial charge is 0.455 e. The van der Waals surface area contributed by atoms with Gasteiger partial charge in [0.2, 0.25) is 0 Å². The molecule has 0 heterocycles. The van der Waals surface area contributed by atoms with Crippen molar-refractivity contribution in [2.24, 2.45) is 10.9 Å². The normalized spacial score (nSPS) is 11.4. The summed E-state index contributed by atoms with van der Waals surface area (Å²) in [6.45, 7) is 2.04. The van der Waals surface area contributed by atoms with Crippen molar-refractivity contribution in [3.8, 4) is 11.5 Å². The molecule has 0 aliphatic heterocycles. The van der Waals surface area contributed by atoms with Gasteiger partial charge in [-0.15, -0.1) is 11.8 Å². The fourth-order valence-corrected chi connectivity index (χ4v) is 3.02. The van der Waals surface area contributed by atoms with Crippen LogP contribution in [0.4, 0.5) is 0 Å². The van der Waals surface area contributed by atoms with E-state index in [0.717, 1.165) is 15.1 Å². The van der Waals surface area contributed by atoms with Crippen molar-refractivity contribution in [1.29, 1.82) is 0 Å². The average molecular weight is 367 g/mol. The second-order valence-corrected chi connectivity index (χ2v) is 6.24. The van der Waals surface area contributed by atoms with E-state index in [4.69, 9.17) is 15.7 Å². The molecule has 2 rings (SSSR count). The van der Waals surface area contributed by atoms with E-state index in [-0.39, 0.29) is 5.84 Å². The van der Waals surface area contributed by atoms with Crippen molar-refractivity contribution in [3.63, 3.8) is 0 Å². The predicted octanol–water partition coefficient (Wildman–Crippen LogP) is 4.45. The molecule has 0 saturated carbocycles. The number of hydrogen-bond acceptors (Lipinski definition) is 4. The van der Waals surface area contributed by atoms with Gasteiger partial charge in [0, 0.05) is 4.90 Å². The Kier molecular flexibility index (Phi) is 5.52. The predicted molar refractivity (Wildman–Crippen MR) is 89.6 cm³/mol. The number of nitrogens with two attached hydrogens (primary N) is 1. The molecular formula is C15H15BrN2O2S. The first-order chi connectivity index (χ1) is 10.2. The highest BCUT2D eigenvalue weighted by Crippen LogP contribution is 2.35. The lowest BCUT2D eigenvalue weighted by Gasteiger charge is -2.14. The minimum atomic E-state index is 0.0357. The van der Waals surface area contributed by atoms with Crippen LogP contribution < -0.4 is 10.5 Å². The summed E-state index contributed by atoms with van der Waals surface area (Å²) in [7, 11) is 0. The minimum Gasteiger partial charge on any atom is -0.455 e. The quantitative estimate of drug-likeness (QED) is 0.269. The van der Waals surface area contributed by atoms with E-state index in [1.54, 1.807) is 17.8 Å². The molecule has 0 atom stereocenters. The first-order valence-corrected chi connectivity index (χ1v) is 8.11. The molecule has 0 amide bonds. The summed E-state index contributed by atoms with van der Waals surface area (Å²) in [5.74, 6) is 2.14. The number of benzene rings is 2. The molecule has 0 aliphatic carbocycles. The highest BCUT2D eigenvalue weighted by atomic mass is 79.9. The molecule has 21 heavy (non-hydrogen) atoms. The molecule has 3 N–H and O–H groups in total. The zero-order valence-corrected chi connectivity index (χ0v) is 13.8. The number of halogens is 1. The Bertz CT molecular complexity index is 662. The van der Waals surface area contributed by atoms with Crippen molar-refractivity contribution < 1.29 is 9.94 Å². The number of rotatable bonds is 5. The number of ether oxygens (including phenoxy) is 1. The molecule has 4 nitrogen and oxygen atoms in total. The summed E-state index contributed by atoms with van der Waals surface area (Å²) in [6.07, 6.45) is 0. The van der Waals surface area contributed by atoms with Crippen LogP contribution in [0.15, 0.2) is 57.0 Å². The van der Waals surface area contributed by atoms with Gasteiger partial charge in [0.05, 0.1) is 10.0 Å². The molecular weight excluding hydrogens is 352 g/mol. The van der Waals surface area contributed by atoms with Gasteiger partial charge in [-0.05, 0) is 45.9 Å². The molecule has 0 spiro atoms. The van der Waals surface area contributed by atoms with E-state index in [1.807, 2.05) is 43.3 Å². The van der Waals surface area contributed by atoms with E-state index in [2.05, 4.69) is 21.1 Å². The van der Waals surface area contributed by atoms with Crippen LogP contribution in [-0.4, -0.2) is 16.8 Å². The zero-order chi connectivity index (χ0) is 15.2. The summed E-state index contributed by atoms with van der Waals surface area (Å²) >= 11 is 5.05. The molecule has 2 aromatic rings. The maximum absolute atomic E-state index is 9.01. The molecule has 110 valence electrons. The molecule has 6 heteroatoms. The Balaban J connectivity index is 2.48. The SMILES string of the molecule is CCSc1cccc(Oc2ccccc2Br)c1/C(N)=N/O. The molecule has 2 aromatic carbocycles. The Morgan fingerprint density at radius 3 is 2.62 bits per heavy atom. The summed E-state index contributed by atoms with van der Waals surface area (Å²) in [5, 5.41) is 12.1. The van der Waals surface area contributed by atoms with Crippen LogP contribution in [0.3, 0.4) is 0 Å². The van der Waals surface area contributed by atoms with Gasteiger partial charge in [0.25, 0.3) is 0 Å². The summed E-state index contributed by atoms with van der Waals surface area (Å²) in [5.41, 5.74) is 6.41. The lowest BCUT2D eigenvalue weighted by Crippen LogP contribution is -2.15. The molecule has 0 radical (unpaired) electrons. The maximum atomic E-state index is 9.01. The van der Waals surface area contributed by atoms with Crippen molar-refractivity contribution >= 4 is 33.5 Å². The van der Waals surface area contributed by atoms with Crippen LogP contribution in [0, 0.1) is 0 Å². The van der Waals surface area contributed by atoms with Gasteiger partial charge >= 0.3 is 0 Å². The van der Waals surface area contributed by atoms with Crippen LogP contribution in [-0.2, 0) is 0 Å². The summed E-state index contributed by atoms with van der Waals surface area (Å²) < 4.78 is 6.76. The zero-order valence-electron chi connectivity index (χ0n) is 11.4. The number of thioether (sulfide) groups is 1. The topological polar surface area (TPSA) is 67.8 Å². The molecule has 0 fully saturated rings. The lowest BCUT2D eigenvalue weighted by molar-refractivity contribution is 0.318. The second kappa shape index (κ2) is 7.38. The highest BCUT2D eigenvalue weighted by Gasteiger charge is 2.15. The van der Waals surface area contributed by atoms with Crippen molar-refractivity contribution in [3.05, 3.63) is 52.5 Å². The standard InChI is InChI=1S/C15H15BrN2O2S/c1-2-21-13-9-5-8-12(14(13)15(17)18-19)20-11-7-4-3-6-10(11)16/h3-9,19H,2H2,1H3,(H2,17,18). The van der Waals surface area contributed by atoms with Crippen LogP contribution in [0.25, 0.3) is 0 Å². The van der Waals surface area contributed by atoms with Crippen molar-refractivity contribution in [2.45, 2.75) is 11.8 Å². The first-order valence-electron chi connectivity index (χ1n) is 6.33. The number of oxime groups is 1. The Hall–Kier alpha value is -1.66. The fraction of sp³-hybridized carbons (Fsp3) is 0.133. The molecule has 0 aromatic heterocycles. The van der Waals surface area contributed by atoms with Crippen LogP contribution >= 0.6 is 27.7 Å². The van der Waals surface area contributed by atoms with Gasteiger partial charge < -0.3 is 15.7 Å². The molecule has 0 unspecified atom stereocenters. The second-order valence-electron chi connectivity index (χ2n) is 4.08. The average Bonchev–Trinajstić information content (AvgIpc) is 2.49. The van der Waals surface area contributed by atoms with Crippen LogP contribution in [0.2, 0.25) is 0 Å². The Labute approximate surface area is 136 Å². The molecule has 0 aliphatic rings. The van der Waals surface area contributed by atoms with Gasteiger partial charge in [0.1, 0.15) is 11.5 Å². The monoisotopic (exact) mass is 366 g/mol. The fourth-order valence-electron chi connectivity index (χ4n) is 1.82. The third kappa shape index (κ3) is 3.71. The Morgan fingerprint density at radius 2 is 1.95 bits per heavy atom. The third-order valence-electron chi connectivity index (χ3n) is 2.71. The number of para-hydroxylation sites is 1. The summed E-state index contributed by atoms with van der Waals surface area (Å²) in [6, 6.07) is 13.1. The van der Waals surface area contributed by atoms with Crippen molar-refractivity contribution in [2.75, 3.05) is 5.75 Å². The molecule has 0 saturated heterocycles. The number of nitrogens with zero attached hydrogens (tertiary/aromatic N) is 1. The maximum Gasteiger partial charge on any atom is 0.175 e. The Morgan fingerprint density at radius 1 is 1.24 bits per heavy atom. The molecule has 0 bridgehead atoms. The van der Waals surface area contributed by atoms with Crippen LogP contribution in [0.5, 0.6) is 11.5 Å². The van der Waals surface area contributed by atoms with E-state index < -0.39 is 0 Å². The van der Waals surface area contributed by atoms with E-state index in [1.165, 1.54) is 0 Å². The van der Waals surface area contributed by atoms with E-state index in [0.29, 0.717) is 17.1 Å². The van der Waals surface area contributed by atoms with Gasteiger partial charge in [-0.25, -0.2) is 0 Å². The first kappa shape index (κ1) is 15.7. The van der Waals surface area contributed by atoms with Crippen LogP contribution in [0.1, 0.15) is 12.5 Å².